The van der Waals surface area contributed by atoms with E-state index in [-0.39, 0.29) is 0 Å². The molecule has 2 aromatic heterocycles. The van der Waals surface area contributed by atoms with Crippen molar-refractivity contribution in [2.75, 3.05) is 58.9 Å². The fourth-order valence-electron chi connectivity index (χ4n) is 3.59. The first-order chi connectivity index (χ1) is 14.6. The second kappa shape index (κ2) is 9.31. The number of benzene rings is 1. The van der Waals surface area contributed by atoms with Gasteiger partial charge in [-0.05, 0) is 19.1 Å². The van der Waals surface area contributed by atoms with E-state index in [1.807, 2.05) is 29.7 Å². The van der Waals surface area contributed by atoms with Gasteiger partial charge in [-0.3, -0.25) is 9.47 Å². The summed E-state index contributed by atoms with van der Waals surface area (Å²) < 4.78 is 18.9. The fourth-order valence-corrected chi connectivity index (χ4v) is 4.06. The van der Waals surface area contributed by atoms with Gasteiger partial charge in [0.15, 0.2) is 32.3 Å². The van der Waals surface area contributed by atoms with Gasteiger partial charge in [-0.1, -0.05) is 0 Å². The number of nitrogens with one attached hydrogen (secondary N) is 1. The van der Waals surface area contributed by atoms with Crippen molar-refractivity contribution in [1.29, 1.82) is 0 Å². The predicted octanol–water partition coefficient (Wildman–Crippen LogP) is 2.49. The Morgan fingerprint density at radius 3 is 2.60 bits per heavy atom. The van der Waals surface area contributed by atoms with Crippen LogP contribution >= 0.6 is 22.6 Å². The molecule has 0 bridgehead atoms. The monoisotopic (exact) mass is 524 g/mol. The molecule has 0 saturated carbocycles. The van der Waals surface area contributed by atoms with Crippen LogP contribution in [0.1, 0.15) is 5.82 Å². The van der Waals surface area contributed by atoms with Gasteiger partial charge in [0.2, 0.25) is 0 Å². The minimum Gasteiger partial charge on any atom is -0.493 e. The van der Waals surface area contributed by atoms with E-state index in [0.29, 0.717) is 15.3 Å². The van der Waals surface area contributed by atoms with Crippen LogP contribution in [0, 0.1) is 10.8 Å². The Kier molecular flexibility index (Phi) is 6.54. The van der Waals surface area contributed by atoms with Crippen LogP contribution in [0.15, 0.2) is 18.2 Å². The first kappa shape index (κ1) is 21.1. The van der Waals surface area contributed by atoms with Crippen molar-refractivity contribution >= 4 is 39.6 Å². The maximum atomic E-state index is 5.47. The smallest absolute Gasteiger partial charge is 0.194 e. The molecule has 4 rings (SSSR count). The second-order valence-electron chi connectivity index (χ2n) is 6.93. The third kappa shape index (κ3) is 4.30. The van der Waals surface area contributed by atoms with Gasteiger partial charge in [0, 0.05) is 54.8 Å². The van der Waals surface area contributed by atoms with E-state index in [1.54, 1.807) is 14.2 Å². The van der Waals surface area contributed by atoms with E-state index in [2.05, 4.69) is 42.8 Å². The van der Waals surface area contributed by atoms with Crippen molar-refractivity contribution < 1.29 is 14.2 Å². The molecule has 160 valence electrons. The van der Waals surface area contributed by atoms with Crippen LogP contribution in [0.2, 0.25) is 0 Å². The molecule has 0 atom stereocenters. The zero-order valence-electron chi connectivity index (χ0n) is 17.3. The summed E-state index contributed by atoms with van der Waals surface area (Å²) >= 11 is 2.14. The lowest BCUT2D eigenvalue weighted by Crippen LogP contribution is -2.39. The molecule has 9 nitrogen and oxygen atoms in total. The number of aromatic nitrogens is 4. The number of aryl methyl sites for hydroxylation is 1. The highest BCUT2D eigenvalue weighted by Gasteiger charge is 2.18. The van der Waals surface area contributed by atoms with Crippen molar-refractivity contribution in [3.63, 3.8) is 0 Å². The van der Waals surface area contributed by atoms with Crippen molar-refractivity contribution in [2.24, 2.45) is 0 Å². The predicted molar refractivity (Wildman–Crippen MR) is 123 cm³/mol. The number of hydrogen-bond acceptors (Lipinski definition) is 8. The van der Waals surface area contributed by atoms with Crippen molar-refractivity contribution in [1.82, 2.24) is 24.4 Å². The molecule has 1 fully saturated rings. The number of imidazole rings is 1. The first-order valence-corrected chi connectivity index (χ1v) is 10.9. The topological polar surface area (TPSA) is 86.6 Å². The molecule has 1 aliphatic heterocycles. The normalized spacial score (nSPS) is 14.8. The van der Waals surface area contributed by atoms with Gasteiger partial charge in [-0.15, -0.1) is 0 Å². The van der Waals surface area contributed by atoms with Crippen LogP contribution in [-0.2, 0) is 4.74 Å². The third-order valence-electron chi connectivity index (χ3n) is 5.10. The summed E-state index contributed by atoms with van der Waals surface area (Å²) in [4.78, 5) is 16.4. The van der Waals surface area contributed by atoms with Crippen LogP contribution < -0.4 is 14.8 Å². The molecule has 3 heterocycles. The number of hydrogen-bond donors (Lipinski definition) is 1. The number of nitrogens with zero attached hydrogens (tertiary/aromatic N) is 5. The summed E-state index contributed by atoms with van der Waals surface area (Å²) in [6, 6.07) is 5.77. The molecule has 0 radical (unpaired) electrons. The van der Waals surface area contributed by atoms with Crippen LogP contribution in [0.25, 0.3) is 16.9 Å². The Morgan fingerprint density at radius 2 is 1.87 bits per heavy atom. The molecule has 0 amide bonds. The number of halogens is 1. The molecule has 1 N–H and O–H groups in total. The SMILES string of the molecule is COc1ccc(-n2c(C)nc3c(NCCN4CCOCC4)nc(I)nc32)cc1OC. The molecular formula is C20H25IN6O3. The summed E-state index contributed by atoms with van der Waals surface area (Å²) in [7, 11) is 3.25. The lowest BCUT2D eigenvalue weighted by Gasteiger charge is -2.26. The Bertz CT molecular complexity index is 1040. The summed E-state index contributed by atoms with van der Waals surface area (Å²) in [6.45, 7) is 7.19. The summed E-state index contributed by atoms with van der Waals surface area (Å²) in [5, 5.41) is 3.45. The zero-order valence-corrected chi connectivity index (χ0v) is 19.5. The number of morpholine rings is 1. The minimum atomic E-state index is 0.656. The van der Waals surface area contributed by atoms with E-state index in [4.69, 9.17) is 19.2 Å². The molecule has 1 aromatic carbocycles. The largest absolute Gasteiger partial charge is 0.493 e. The molecule has 0 unspecified atom stereocenters. The van der Waals surface area contributed by atoms with Crippen molar-refractivity contribution in [3.05, 3.63) is 27.9 Å². The first-order valence-electron chi connectivity index (χ1n) is 9.79. The Balaban J connectivity index is 1.65. The van der Waals surface area contributed by atoms with Gasteiger partial charge in [-0.25, -0.2) is 15.0 Å². The Morgan fingerprint density at radius 1 is 1.10 bits per heavy atom. The van der Waals surface area contributed by atoms with Crippen LogP contribution in [0.5, 0.6) is 11.5 Å². The molecule has 1 saturated heterocycles. The second-order valence-corrected chi connectivity index (χ2v) is 7.89. The van der Waals surface area contributed by atoms with Crippen molar-refractivity contribution in [3.8, 4) is 17.2 Å². The number of anilines is 1. The molecule has 1 aliphatic rings. The van der Waals surface area contributed by atoms with Gasteiger partial charge < -0.3 is 19.5 Å². The van der Waals surface area contributed by atoms with E-state index >= 15 is 0 Å². The maximum Gasteiger partial charge on any atom is 0.194 e. The van der Waals surface area contributed by atoms with Gasteiger partial charge in [0.1, 0.15) is 5.82 Å². The quantitative estimate of drug-likeness (QED) is 0.373. The molecule has 30 heavy (non-hydrogen) atoms. The van der Waals surface area contributed by atoms with Crippen LogP contribution in [-0.4, -0.2) is 78.0 Å². The number of ether oxygens (including phenoxy) is 3. The summed E-state index contributed by atoms with van der Waals surface area (Å²) in [6.07, 6.45) is 0. The zero-order chi connectivity index (χ0) is 21.1. The molecule has 0 aliphatic carbocycles. The van der Waals surface area contributed by atoms with Crippen LogP contribution in [0.3, 0.4) is 0 Å². The third-order valence-corrected chi connectivity index (χ3v) is 5.58. The highest BCUT2D eigenvalue weighted by atomic mass is 127. The highest BCUT2D eigenvalue weighted by Crippen LogP contribution is 2.32. The number of methoxy groups -OCH3 is 2. The fraction of sp³-hybridized carbons (Fsp3) is 0.450. The van der Waals surface area contributed by atoms with Gasteiger partial charge >= 0.3 is 0 Å². The van der Waals surface area contributed by atoms with E-state index < -0.39 is 0 Å². The summed E-state index contributed by atoms with van der Waals surface area (Å²) in [5.74, 6) is 2.91. The number of rotatable bonds is 7. The molecular weight excluding hydrogens is 499 g/mol. The van der Waals surface area contributed by atoms with Crippen LogP contribution in [0.4, 0.5) is 5.82 Å². The minimum absolute atomic E-state index is 0.656. The summed E-state index contributed by atoms with van der Waals surface area (Å²) in [5.41, 5.74) is 2.42. The molecule has 10 heteroatoms. The lowest BCUT2D eigenvalue weighted by molar-refractivity contribution is 0.0398. The Hall–Kier alpha value is -2.18. The Labute approximate surface area is 188 Å². The van der Waals surface area contributed by atoms with Gasteiger partial charge in [0.05, 0.1) is 33.1 Å². The van der Waals surface area contributed by atoms with E-state index in [1.165, 1.54) is 0 Å². The maximum absolute atomic E-state index is 5.47. The molecule has 0 spiro atoms. The molecule has 3 aromatic rings. The van der Waals surface area contributed by atoms with E-state index in [0.717, 1.165) is 67.9 Å². The van der Waals surface area contributed by atoms with Gasteiger partial charge in [0.25, 0.3) is 0 Å². The van der Waals surface area contributed by atoms with E-state index in [9.17, 15) is 0 Å². The average Bonchev–Trinajstić information content (AvgIpc) is 3.09. The number of fused-ring (bicyclic) bond motifs is 1. The standard InChI is InChI=1S/C20H25IN6O3/c1-13-23-17-18(22-6-7-26-8-10-30-11-9-26)24-20(21)25-19(17)27(13)14-4-5-15(28-2)16(12-14)29-3/h4-5,12H,6-11H2,1-3H3,(H,22,24,25). The average molecular weight is 524 g/mol. The lowest BCUT2D eigenvalue weighted by atomic mass is 10.2. The van der Waals surface area contributed by atoms with Crippen molar-refractivity contribution in [2.45, 2.75) is 6.92 Å². The van der Waals surface area contributed by atoms with Gasteiger partial charge in [-0.2, -0.15) is 0 Å². The highest BCUT2D eigenvalue weighted by molar-refractivity contribution is 14.1.